The van der Waals surface area contributed by atoms with Crippen LogP contribution in [0.1, 0.15) is 37.1 Å². The lowest BCUT2D eigenvalue weighted by atomic mass is 10.1. The fourth-order valence-electron chi connectivity index (χ4n) is 2.19. The maximum Gasteiger partial charge on any atom is 0.112 e. The Morgan fingerprint density at radius 1 is 1.40 bits per heavy atom. The van der Waals surface area contributed by atoms with Crippen LogP contribution in [0.4, 0.5) is 0 Å². The molecule has 0 amide bonds. The van der Waals surface area contributed by atoms with E-state index in [-0.39, 0.29) is 0 Å². The highest BCUT2D eigenvalue weighted by molar-refractivity contribution is 5.77. The van der Waals surface area contributed by atoms with E-state index in [4.69, 9.17) is 4.98 Å². The highest BCUT2D eigenvalue weighted by Crippen LogP contribution is 2.40. The molecule has 1 aromatic carbocycles. The summed E-state index contributed by atoms with van der Waals surface area (Å²) in [7, 11) is 2.13. The van der Waals surface area contributed by atoms with Crippen LogP contribution in [0.2, 0.25) is 0 Å². The van der Waals surface area contributed by atoms with E-state index in [2.05, 4.69) is 36.7 Å². The molecule has 0 saturated heterocycles. The molecule has 0 N–H and O–H groups in total. The molecule has 1 fully saturated rings. The number of rotatable bonds is 2. The van der Waals surface area contributed by atoms with Gasteiger partial charge in [-0.15, -0.1) is 0 Å². The Morgan fingerprint density at radius 3 is 2.87 bits per heavy atom. The van der Waals surface area contributed by atoms with Gasteiger partial charge < -0.3 is 4.57 Å². The Balaban J connectivity index is 2.20. The summed E-state index contributed by atoms with van der Waals surface area (Å²) in [5, 5.41) is 0. The third-order valence-corrected chi connectivity index (χ3v) is 3.33. The van der Waals surface area contributed by atoms with Crippen LogP contribution in [0.25, 0.3) is 11.0 Å². The van der Waals surface area contributed by atoms with E-state index in [9.17, 15) is 0 Å². The van der Waals surface area contributed by atoms with Crippen molar-refractivity contribution in [2.75, 3.05) is 0 Å². The van der Waals surface area contributed by atoms with Gasteiger partial charge in [0.15, 0.2) is 0 Å². The molecule has 78 valence electrons. The van der Waals surface area contributed by atoms with Crippen molar-refractivity contribution in [1.29, 1.82) is 0 Å². The van der Waals surface area contributed by atoms with Crippen molar-refractivity contribution < 1.29 is 0 Å². The molecule has 0 unspecified atom stereocenters. The minimum absolute atomic E-state index is 0.729. The quantitative estimate of drug-likeness (QED) is 0.728. The molecule has 3 rings (SSSR count). The summed E-state index contributed by atoms with van der Waals surface area (Å²) >= 11 is 0. The number of nitrogens with zero attached hydrogens (tertiary/aromatic N) is 2. The lowest BCUT2D eigenvalue weighted by Gasteiger charge is -1.99. The zero-order valence-electron chi connectivity index (χ0n) is 9.33. The molecular weight excluding hydrogens is 184 g/mol. The van der Waals surface area contributed by atoms with Gasteiger partial charge in [0.2, 0.25) is 0 Å². The molecule has 0 bridgehead atoms. The summed E-state index contributed by atoms with van der Waals surface area (Å²) in [4.78, 5) is 4.75. The summed E-state index contributed by atoms with van der Waals surface area (Å²) < 4.78 is 2.26. The van der Waals surface area contributed by atoms with E-state index in [0.717, 1.165) is 12.3 Å². The Labute approximate surface area is 89.9 Å². The first kappa shape index (κ1) is 8.96. The largest absolute Gasteiger partial charge is 0.331 e. The normalized spacial score (nSPS) is 16.1. The van der Waals surface area contributed by atoms with Crippen LogP contribution in [0.3, 0.4) is 0 Å². The van der Waals surface area contributed by atoms with Crippen LogP contribution in [0.15, 0.2) is 18.2 Å². The number of hydrogen-bond donors (Lipinski definition) is 0. The van der Waals surface area contributed by atoms with Gasteiger partial charge in [0.25, 0.3) is 0 Å². The molecular formula is C13H16N2. The highest BCUT2D eigenvalue weighted by atomic mass is 15.1. The number of imidazole rings is 1. The lowest BCUT2D eigenvalue weighted by molar-refractivity contribution is 0.820. The van der Waals surface area contributed by atoms with Crippen molar-refractivity contribution in [1.82, 2.24) is 9.55 Å². The van der Waals surface area contributed by atoms with E-state index in [0.29, 0.717) is 0 Å². The molecule has 1 heterocycles. The van der Waals surface area contributed by atoms with Crippen molar-refractivity contribution in [2.45, 2.75) is 32.1 Å². The Bertz CT molecular complexity index is 506. The topological polar surface area (TPSA) is 17.8 Å². The molecule has 0 radical (unpaired) electrons. The van der Waals surface area contributed by atoms with Gasteiger partial charge in [-0.3, -0.25) is 0 Å². The smallest absolute Gasteiger partial charge is 0.112 e. The van der Waals surface area contributed by atoms with Crippen molar-refractivity contribution in [2.24, 2.45) is 7.05 Å². The monoisotopic (exact) mass is 200 g/mol. The van der Waals surface area contributed by atoms with Crippen LogP contribution >= 0.6 is 0 Å². The maximum atomic E-state index is 4.75. The second-order valence-electron chi connectivity index (χ2n) is 4.48. The van der Waals surface area contributed by atoms with Gasteiger partial charge in [-0.05, 0) is 37.0 Å². The first-order valence-corrected chi connectivity index (χ1v) is 5.75. The summed E-state index contributed by atoms with van der Waals surface area (Å²) in [6.07, 6.45) is 3.72. The fraction of sp³-hybridized carbons (Fsp3) is 0.462. The van der Waals surface area contributed by atoms with E-state index < -0.39 is 0 Å². The zero-order chi connectivity index (χ0) is 10.4. The summed E-state index contributed by atoms with van der Waals surface area (Å²) in [6.45, 7) is 2.19. The van der Waals surface area contributed by atoms with Gasteiger partial charge in [-0.2, -0.15) is 0 Å². The third kappa shape index (κ3) is 1.36. The van der Waals surface area contributed by atoms with Crippen molar-refractivity contribution >= 4 is 11.0 Å². The van der Waals surface area contributed by atoms with Crippen molar-refractivity contribution in [3.8, 4) is 0 Å². The summed E-state index contributed by atoms with van der Waals surface area (Å²) in [6, 6.07) is 6.63. The second kappa shape index (κ2) is 3.09. The SMILES string of the molecule is CCc1ccc2c(c1)nc(C1CC1)n2C. The molecule has 2 aromatic rings. The number of aryl methyl sites for hydroxylation is 2. The molecule has 0 aliphatic heterocycles. The van der Waals surface area contributed by atoms with Crippen LogP contribution in [-0.4, -0.2) is 9.55 Å². The second-order valence-corrected chi connectivity index (χ2v) is 4.48. The average molecular weight is 200 g/mol. The van der Waals surface area contributed by atoms with E-state index in [1.807, 2.05) is 0 Å². The molecule has 15 heavy (non-hydrogen) atoms. The fourth-order valence-corrected chi connectivity index (χ4v) is 2.19. The Morgan fingerprint density at radius 2 is 2.20 bits per heavy atom. The number of benzene rings is 1. The van der Waals surface area contributed by atoms with E-state index >= 15 is 0 Å². The van der Waals surface area contributed by atoms with E-state index in [1.54, 1.807) is 0 Å². The minimum Gasteiger partial charge on any atom is -0.331 e. The average Bonchev–Trinajstić information content (AvgIpc) is 3.04. The third-order valence-electron chi connectivity index (χ3n) is 3.33. The number of hydrogen-bond acceptors (Lipinski definition) is 1. The molecule has 1 aromatic heterocycles. The van der Waals surface area contributed by atoms with Crippen LogP contribution in [0, 0.1) is 0 Å². The molecule has 0 spiro atoms. The van der Waals surface area contributed by atoms with Crippen LogP contribution < -0.4 is 0 Å². The minimum atomic E-state index is 0.729. The molecule has 0 atom stereocenters. The van der Waals surface area contributed by atoms with Crippen LogP contribution in [-0.2, 0) is 13.5 Å². The summed E-state index contributed by atoms with van der Waals surface area (Å²) in [5.74, 6) is 2.01. The molecule has 2 nitrogen and oxygen atoms in total. The zero-order valence-corrected chi connectivity index (χ0v) is 9.33. The molecule has 2 heteroatoms. The van der Waals surface area contributed by atoms with Gasteiger partial charge in [0, 0.05) is 13.0 Å². The first-order valence-electron chi connectivity index (χ1n) is 5.75. The van der Waals surface area contributed by atoms with Gasteiger partial charge in [-0.1, -0.05) is 13.0 Å². The molecule has 1 aliphatic carbocycles. The number of aromatic nitrogens is 2. The standard InChI is InChI=1S/C13H16N2/c1-3-9-4-7-12-11(8-9)14-13(15(12)2)10-5-6-10/h4,7-8,10H,3,5-6H2,1-2H3. The lowest BCUT2D eigenvalue weighted by Crippen LogP contribution is -1.94. The predicted octanol–water partition coefficient (Wildman–Crippen LogP) is 3.01. The van der Waals surface area contributed by atoms with Gasteiger partial charge in [0.05, 0.1) is 11.0 Å². The Kier molecular flexibility index (Phi) is 1.84. The van der Waals surface area contributed by atoms with Gasteiger partial charge in [-0.25, -0.2) is 4.98 Å². The van der Waals surface area contributed by atoms with Crippen molar-refractivity contribution in [3.05, 3.63) is 29.6 Å². The molecule has 1 aliphatic rings. The van der Waals surface area contributed by atoms with E-state index in [1.165, 1.54) is 35.3 Å². The Hall–Kier alpha value is -1.31. The molecule has 1 saturated carbocycles. The predicted molar refractivity (Wildman–Crippen MR) is 62.1 cm³/mol. The van der Waals surface area contributed by atoms with Gasteiger partial charge >= 0.3 is 0 Å². The van der Waals surface area contributed by atoms with Crippen LogP contribution in [0.5, 0.6) is 0 Å². The van der Waals surface area contributed by atoms with Crippen molar-refractivity contribution in [3.63, 3.8) is 0 Å². The highest BCUT2D eigenvalue weighted by Gasteiger charge is 2.28. The van der Waals surface area contributed by atoms with Gasteiger partial charge in [0.1, 0.15) is 5.82 Å². The first-order chi connectivity index (χ1) is 7.29. The maximum absolute atomic E-state index is 4.75. The number of fused-ring (bicyclic) bond motifs is 1. The summed E-state index contributed by atoms with van der Waals surface area (Å²) in [5.41, 5.74) is 3.82.